The van der Waals surface area contributed by atoms with Crippen molar-refractivity contribution in [3.05, 3.63) is 0 Å². The van der Waals surface area contributed by atoms with Crippen molar-refractivity contribution >= 4 is 0 Å². The maximum absolute atomic E-state index is 5.88. The van der Waals surface area contributed by atoms with Gasteiger partial charge in [0.15, 0.2) is 0 Å². The van der Waals surface area contributed by atoms with Gasteiger partial charge in [-0.3, -0.25) is 0 Å². The summed E-state index contributed by atoms with van der Waals surface area (Å²) in [6.45, 7) is 9.17. The molecule has 0 aliphatic heterocycles. The molecule has 0 heterocycles. The first-order valence-electron chi connectivity index (χ1n) is 14.6. The highest BCUT2D eigenvalue weighted by atomic mass is 16.7. The summed E-state index contributed by atoms with van der Waals surface area (Å²) in [7, 11) is 6.52. The van der Waals surface area contributed by atoms with E-state index in [2.05, 4.69) is 28.1 Å². The van der Waals surface area contributed by atoms with Crippen molar-refractivity contribution in [3.63, 3.8) is 0 Å². The maximum atomic E-state index is 5.88. The molecule has 2 atom stereocenters. The van der Waals surface area contributed by atoms with Crippen molar-refractivity contribution in [2.45, 2.75) is 110 Å². The standard InChI is InChI=1S/C29H60NO4/c1-6-7-8-9-10-11-13-18-29(28-16-14-12-15-17-28)19-21-33-26-34-27(2)25-32-24-23-31-22-20-30(3,4)5/h27-29H,6-26H2,1-5H3/q+1. The van der Waals surface area contributed by atoms with Crippen LogP contribution in [0.3, 0.4) is 0 Å². The molecule has 0 aromatic rings. The minimum atomic E-state index is 0.0492. The summed E-state index contributed by atoms with van der Waals surface area (Å²) in [5, 5.41) is 0. The Balaban J connectivity index is 2.07. The molecule has 0 N–H and O–H groups in total. The van der Waals surface area contributed by atoms with Crippen LogP contribution >= 0.6 is 0 Å². The molecular formula is C29H60NO4+. The van der Waals surface area contributed by atoms with E-state index in [9.17, 15) is 0 Å². The van der Waals surface area contributed by atoms with Gasteiger partial charge >= 0.3 is 0 Å². The summed E-state index contributed by atoms with van der Waals surface area (Å²) in [5.74, 6) is 1.77. The fraction of sp³-hybridized carbons (Fsp3) is 1.00. The van der Waals surface area contributed by atoms with Crippen molar-refractivity contribution < 1.29 is 23.4 Å². The molecule has 0 saturated heterocycles. The Bertz CT molecular complexity index is 434. The van der Waals surface area contributed by atoms with Crippen molar-refractivity contribution in [3.8, 4) is 0 Å². The summed E-state index contributed by atoms with van der Waals surface area (Å²) in [5.41, 5.74) is 0. The van der Waals surface area contributed by atoms with Gasteiger partial charge in [0.05, 0.1) is 53.7 Å². The number of rotatable bonds is 23. The second-order valence-corrected chi connectivity index (χ2v) is 11.6. The molecule has 0 aromatic carbocycles. The molecule has 1 fully saturated rings. The van der Waals surface area contributed by atoms with Gasteiger partial charge in [-0.05, 0) is 25.2 Å². The summed E-state index contributed by atoms with van der Waals surface area (Å²) in [6, 6.07) is 0. The van der Waals surface area contributed by atoms with Crippen LogP contribution in [0.15, 0.2) is 0 Å². The van der Waals surface area contributed by atoms with Gasteiger partial charge in [-0.25, -0.2) is 0 Å². The zero-order valence-corrected chi connectivity index (χ0v) is 23.7. The first-order chi connectivity index (χ1) is 16.4. The maximum Gasteiger partial charge on any atom is 0.147 e. The minimum absolute atomic E-state index is 0.0492. The lowest BCUT2D eigenvalue weighted by atomic mass is 9.76. The van der Waals surface area contributed by atoms with Crippen LogP contribution in [0.2, 0.25) is 0 Å². The van der Waals surface area contributed by atoms with Crippen LogP contribution < -0.4 is 0 Å². The third kappa shape index (κ3) is 19.0. The molecule has 1 rings (SSSR count). The van der Waals surface area contributed by atoms with Gasteiger partial charge in [-0.2, -0.15) is 0 Å². The Labute approximate surface area is 212 Å². The van der Waals surface area contributed by atoms with E-state index in [-0.39, 0.29) is 6.10 Å². The second kappa shape index (κ2) is 20.9. The van der Waals surface area contributed by atoms with Gasteiger partial charge in [-0.1, -0.05) is 90.4 Å². The quantitative estimate of drug-likeness (QED) is 0.0901. The lowest BCUT2D eigenvalue weighted by molar-refractivity contribution is -0.870. The van der Waals surface area contributed by atoms with E-state index in [0.717, 1.165) is 36.1 Å². The molecule has 34 heavy (non-hydrogen) atoms. The number of likely N-dealkylation sites (N-methyl/N-ethyl adjacent to an activating group) is 1. The SMILES string of the molecule is CCCCCCCCCC(CCOCOC(C)COCCOCC[N+](C)(C)C)C1CCCCC1. The zero-order valence-electron chi connectivity index (χ0n) is 23.7. The molecular weight excluding hydrogens is 426 g/mol. The monoisotopic (exact) mass is 486 g/mol. The van der Waals surface area contributed by atoms with Crippen LogP contribution in [-0.4, -0.2) is 78.1 Å². The van der Waals surface area contributed by atoms with Crippen LogP contribution in [-0.2, 0) is 18.9 Å². The molecule has 1 saturated carbocycles. The molecule has 2 unspecified atom stereocenters. The Hall–Kier alpha value is -0.200. The Morgan fingerprint density at radius 3 is 2.12 bits per heavy atom. The fourth-order valence-electron chi connectivity index (χ4n) is 4.90. The predicted molar refractivity (Wildman–Crippen MR) is 143 cm³/mol. The predicted octanol–water partition coefficient (Wildman–Crippen LogP) is 6.83. The minimum Gasteiger partial charge on any atom is -0.376 e. The second-order valence-electron chi connectivity index (χ2n) is 11.6. The lowest BCUT2D eigenvalue weighted by Gasteiger charge is -2.30. The molecule has 1 aliphatic rings. The molecule has 0 spiro atoms. The lowest BCUT2D eigenvalue weighted by Crippen LogP contribution is -2.37. The molecule has 5 heteroatoms. The molecule has 204 valence electrons. The Morgan fingerprint density at radius 1 is 0.735 bits per heavy atom. The number of hydrogen-bond donors (Lipinski definition) is 0. The largest absolute Gasteiger partial charge is 0.376 e. The van der Waals surface area contributed by atoms with Gasteiger partial charge in [0.25, 0.3) is 0 Å². The van der Waals surface area contributed by atoms with Crippen LogP contribution in [0.1, 0.15) is 104 Å². The van der Waals surface area contributed by atoms with E-state index in [1.54, 1.807) is 0 Å². The molecule has 0 bridgehead atoms. The van der Waals surface area contributed by atoms with Crippen LogP contribution in [0.5, 0.6) is 0 Å². The van der Waals surface area contributed by atoms with Gasteiger partial charge in [-0.15, -0.1) is 0 Å². The van der Waals surface area contributed by atoms with Crippen LogP contribution in [0.25, 0.3) is 0 Å². The van der Waals surface area contributed by atoms with E-state index >= 15 is 0 Å². The highest BCUT2D eigenvalue weighted by Crippen LogP contribution is 2.34. The van der Waals surface area contributed by atoms with E-state index in [1.165, 1.54) is 89.9 Å². The van der Waals surface area contributed by atoms with Crippen molar-refractivity contribution in [1.29, 1.82) is 0 Å². The van der Waals surface area contributed by atoms with E-state index in [0.29, 0.717) is 26.6 Å². The van der Waals surface area contributed by atoms with Gasteiger partial charge < -0.3 is 23.4 Å². The average Bonchev–Trinajstić information content (AvgIpc) is 2.81. The van der Waals surface area contributed by atoms with Crippen molar-refractivity contribution in [1.82, 2.24) is 0 Å². The van der Waals surface area contributed by atoms with E-state index < -0.39 is 0 Å². The van der Waals surface area contributed by atoms with Gasteiger partial charge in [0.1, 0.15) is 13.3 Å². The fourth-order valence-corrected chi connectivity index (χ4v) is 4.90. The van der Waals surface area contributed by atoms with Gasteiger partial charge in [0.2, 0.25) is 0 Å². The number of nitrogens with zero attached hydrogens (tertiary/aromatic N) is 1. The first kappa shape index (κ1) is 31.8. The molecule has 0 amide bonds. The first-order valence-corrected chi connectivity index (χ1v) is 14.6. The summed E-state index contributed by atoms with van der Waals surface area (Å²) < 4.78 is 23.9. The number of quaternary nitrogens is 1. The number of ether oxygens (including phenoxy) is 4. The highest BCUT2D eigenvalue weighted by molar-refractivity contribution is 4.74. The van der Waals surface area contributed by atoms with Crippen molar-refractivity contribution in [2.24, 2.45) is 11.8 Å². The molecule has 0 radical (unpaired) electrons. The summed E-state index contributed by atoms with van der Waals surface area (Å²) in [4.78, 5) is 0. The topological polar surface area (TPSA) is 36.9 Å². The Morgan fingerprint density at radius 2 is 1.41 bits per heavy atom. The third-order valence-electron chi connectivity index (χ3n) is 7.19. The van der Waals surface area contributed by atoms with Crippen LogP contribution in [0.4, 0.5) is 0 Å². The van der Waals surface area contributed by atoms with E-state index in [1.807, 2.05) is 6.92 Å². The highest BCUT2D eigenvalue weighted by Gasteiger charge is 2.23. The Kier molecular flexibility index (Phi) is 19.6. The number of hydrogen-bond acceptors (Lipinski definition) is 4. The van der Waals surface area contributed by atoms with E-state index in [4.69, 9.17) is 18.9 Å². The summed E-state index contributed by atoms with van der Waals surface area (Å²) >= 11 is 0. The zero-order chi connectivity index (χ0) is 24.9. The molecule has 5 nitrogen and oxygen atoms in total. The van der Waals surface area contributed by atoms with Crippen LogP contribution in [0, 0.1) is 11.8 Å². The normalized spacial score (nSPS) is 17.2. The van der Waals surface area contributed by atoms with Gasteiger partial charge in [0, 0.05) is 6.61 Å². The van der Waals surface area contributed by atoms with Crippen molar-refractivity contribution in [2.75, 3.05) is 67.5 Å². The third-order valence-corrected chi connectivity index (χ3v) is 7.19. The number of unbranched alkanes of at least 4 members (excludes halogenated alkanes) is 6. The average molecular weight is 487 g/mol. The molecule has 0 aromatic heterocycles. The summed E-state index contributed by atoms with van der Waals surface area (Å²) in [6.07, 6.45) is 19.6. The molecule has 1 aliphatic carbocycles. The smallest absolute Gasteiger partial charge is 0.147 e.